The fourth-order valence-corrected chi connectivity index (χ4v) is 3.18. The van der Waals surface area contributed by atoms with Gasteiger partial charge in [0.15, 0.2) is 0 Å². The highest BCUT2D eigenvalue weighted by molar-refractivity contribution is 7.78. The van der Waals surface area contributed by atoms with E-state index in [1.54, 1.807) is 0 Å². The quantitative estimate of drug-likeness (QED) is 0.615. The number of hydrogen-bond acceptors (Lipinski definition) is 4. The van der Waals surface area contributed by atoms with Gasteiger partial charge in [0.05, 0.1) is 11.4 Å². The van der Waals surface area contributed by atoms with E-state index in [2.05, 4.69) is 66.8 Å². The minimum absolute atomic E-state index is 0.836. The molecule has 24 heavy (non-hydrogen) atoms. The number of para-hydroxylation sites is 1. The molecule has 0 bridgehead atoms. The molecule has 2 aromatic carbocycles. The minimum Gasteiger partial charge on any atom is -0.370 e. The van der Waals surface area contributed by atoms with Gasteiger partial charge < -0.3 is 9.21 Å². The van der Waals surface area contributed by atoms with Crippen LogP contribution >= 0.6 is 12.8 Å². The van der Waals surface area contributed by atoms with Crippen LogP contribution in [0.3, 0.4) is 0 Å². The van der Waals surface area contributed by atoms with E-state index in [9.17, 15) is 0 Å². The van der Waals surface area contributed by atoms with E-state index in [0.717, 1.165) is 34.8 Å². The molecule has 0 saturated carbocycles. The van der Waals surface area contributed by atoms with E-state index >= 15 is 0 Å². The molecule has 3 nitrogen and oxygen atoms in total. The summed E-state index contributed by atoms with van der Waals surface area (Å²) in [6.45, 7) is 8.64. The third-order valence-electron chi connectivity index (χ3n) is 3.96. The Bertz CT molecular complexity index is 750. The van der Waals surface area contributed by atoms with Crippen LogP contribution in [0, 0.1) is 0 Å². The number of thiol groups is 1. The monoisotopic (exact) mass is 339 g/mol. The summed E-state index contributed by atoms with van der Waals surface area (Å²) in [5.41, 5.74) is 6.44. The summed E-state index contributed by atoms with van der Waals surface area (Å²) in [4.78, 5) is 6.58. The van der Waals surface area contributed by atoms with Crippen molar-refractivity contribution in [1.82, 2.24) is 4.31 Å². The Hall–Kier alpha value is -2.20. The Kier molecular flexibility index (Phi) is 6.10. The smallest absolute Gasteiger partial charge is 0.0963 e. The molecule has 1 aliphatic rings. The van der Waals surface area contributed by atoms with E-state index in [0.29, 0.717) is 0 Å². The molecule has 1 heterocycles. The van der Waals surface area contributed by atoms with Crippen LogP contribution in [-0.2, 0) is 6.54 Å². The number of anilines is 1. The van der Waals surface area contributed by atoms with Crippen LogP contribution in [0.5, 0.6) is 0 Å². The topological polar surface area (TPSA) is 18.8 Å². The molecule has 126 valence electrons. The number of aliphatic imine (C=N–C) groups is 1. The van der Waals surface area contributed by atoms with Crippen LogP contribution in [-0.4, -0.2) is 25.1 Å². The summed E-state index contributed by atoms with van der Waals surface area (Å²) in [7, 11) is 4.03. The molecular formula is C20H25N3S. The van der Waals surface area contributed by atoms with Gasteiger partial charge in [-0.15, -0.1) is 0 Å². The normalized spacial score (nSPS) is 16.0. The average molecular weight is 340 g/mol. The molecule has 0 atom stereocenters. The summed E-state index contributed by atoms with van der Waals surface area (Å²) in [5.74, 6) is 0. The maximum Gasteiger partial charge on any atom is 0.0963 e. The molecule has 0 saturated heterocycles. The molecule has 0 aliphatic carbocycles. The predicted octanol–water partition coefficient (Wildman–Crippen LogP) is 4.97. The highest BCUT2D eigenvalue weighted by atomic mass is 32.1. The molecule has 0 amide bonds. The lowest BCUT2D eigenvalue weighted by Crippen LogP contribution is -2.22. The number of benzene rings is 2. The van der Waals surface area contributed by atoms with Crippen LogP contribution in [0.15, 0.2) is 53.5 Å². The number of fused-ring (bicyclic) bond motifs is 2. The molecule has 0 radical (unpaired) electrons. The number of nitrogens with zero attached hydrogens (tertiary/aromatic N) is 3. The first kappa shape index (κ1) is 18.1. The van der Waals surface area contributed by atoms with E-state index in [1.807, 2.05) is 43.4 Å². The van der Waals surface area contributed by atoms with Gasteiger partial charge in [0.25, 0.3) is 0 Å². The van der Waals surface area contributed by atoms with E-state index in [-0.39, 0.29) is 0 Å². The second-order valence-electron chi connectivity index (χ2n) is 5.41. The second kappa shape index (κ2) is 8.06. The molecular weight excluding hydrogens is 314 g/mol. The van der Waals surface area contributed by atoms with Crippen LogP contribution in [0.2, 0.25) is 0 Å². The van der Waals surface area contributed by atoms with Gasteiger partial charge in [0, 0.05) is 37.5 Å². The number of hydrogen-bond donors (Lipinski definition) is 1. The van der Waals surface area contributed by atoms with Crippen molar-refractivity contribution in [3.63, 3.8) is 0 Å². The zero-order chi connectivity index (χ0) is 17.7. The van der Waals surface area contributed by atoms with Crippen molar-refractivity contribution < 1.29 is 0 Å². The Morgan fingerprint density at radius 2 is 1.62 bits per heavy atom. The molecule has 0 spiro atoms. The average Bonchev–Trinajstić information content (AvgIpc) is 2.60. The zero-order valence-electron chi connectivity index (χ0n) is 14.8. The lowest BCUT2D eigenvalue weighted by Gasteiger charge is -2.30. The lowest BCUT2D eigenvalue weighted by molar-refractivity contribution is 0.807. The van der Waals surface area contributed by atoms with Crippen LogP contribution in [0.1, 0.15) is 30.5 Å². The number of rotatable bonds is 2. The van der Waals surface area contributed by atoms with Crippen LogP contribution in [0.4, 0.5) is 5.69 Å². The Balaban J connectivity index is 0.00000100. The van der Waals surface area contributed by atoms with Crippen molar-refractivity contribution in [2.75, 3.05) is 19.0 Å². The first-order valence-electron chi connectivity index (χ1n) is 8.16. The molecule has 1 aliphatic heterocycles. The van der Waals surface area contributed by atoms with Crippen LogP contribution < -0.4 is 4.90 Å². The molecule has 0 fully saturated rings. The second-order valence-corrected chi connectivity index (χ2v) is 6.01. The Labute approximate surface area is 150 Å². The first-order chi connectivity index (χ1) is 11.6. The van der Waals surface area contributed by atoms with Gasteiger partial charge in [-0.3, -0.25) is 4.99 Å². The lowest BCUT2D eigenvalue weighted by atomic mass is 9.96. The third-order valence-corrected chi connectivity index (χ3v) is 4.16. The summed E-state index contributed by atoms with van der Waals surface area (Å²) in [5, 5.41) is 0. The van der Waals surface area contributed by atoms with Gasteiger partial charge in [-0.1, -0.05) is 69.1 Å². The first-order valence-corrected chi connectivity index (χ1v) is 8.56. The van der Waals surface area contributed by atoms with Crippen molar-refractivity contribution >= 4 is 36.6 Å². The molecule has 4 heteroatoms. The maximum absolute atomic E-state index is 4.55. The minimum atomic E-state index is 0.836. The van der Waals surface area contributed by atoms with Crippen molar-refractivity contribution in [3.05, 3.63) is 65.2 Å². The van der Waals surface area contributed by atoms with E-state index in [4.69, 9.17) is 0 Å². The predicted molar refractivity (Wildman–Crippen MR) is 109 cm³/mol. The largest absolute Gasteiger partial charge is 0.370 e. The molecule has 2 aromatic rings. The Morgan fingerprint density at radius 1 is 1.04 bits per heavy atom. The highest BCUT2D eigenvalue weighted by Gasteiger charge is 2.23. The fraction of sp³-hybridized carbons (Fsp3) is 0.250. The van der Waals surface area contributed by atoms with E-state index < -0.39 is 0 Å². The van der Waals surface area contributed by atoms with Gasteiger partial charge in [-0.2, -0.15) is 0 Å². The van der Waals surface area contributed by atoms with Gasteiger partial charge in [0.2, 0.25) is 0 Å². The SMILES string of the molecule is C=N/C1=C(\N(C)S)c2ccccc2CN(C)c2ccccc21.CC. The van der Waals surface area contributed by atoms with Gasteiger partial charge in [-0.25, -0.2) is 0 Å². The van der Waals surface area contributed by atoms with Crippen molar-refractivity contribution in [2.24, 2.45) is 4.99 Å². The summed E-state index contributed by atoms with van der Waals surface area (Å²) in [6, 6.07) is 16.7. The highest BCUT2D eigenvalue weighted by Crippen LogP contribution is 2.39. The fourth-order valence-electron chi connectivity index (χ4n) is 2.98. The molecule has 0 unspecified atom stereocenters. The third kappa shape index (κ3) is 3.34. The summed E-state index contributed by atoms with van der Waals surface area (Å²) >= 11 is 4.55. The van der Waals surface area contributed by atoms with Gasteiger partial charge >= 0.3 is 0 Å². The molecule has 0 aromatic heterocycles. The van der Waals surface area contributed by atoms with Crippen molar-refractivity contribution in [2.45, 2.75) is 20.4 Å². The van der Waals surface area contributed by atoms with Gasteiger partial charge in [-0.05, 0) is 18.3 Å². The summed E-state index contributed by atoms with van der Waals surface area (Å²) in [6.07, 6.45) is 0. The Morgan fingerprint density at radius 3 is 2.25 bits per heavy atom. The molecule has 3 rings (SSSR count). The zero-order valence-corrected chi connectivity index (χ0v) is 15.7. The van der Waals surface area contributed by atoms with Crippen molar-refractivity contribution in [3.8, 4) is 0 Å². The van der Waals surface area contributed by atoms with Crippen LogP contribution in [0.25, 0.3) is 11.4 Å². The standard InChI is InChI=1S/C18H19N3S.C2H6/c1-19-17-15-10-6-7-11-16(15)20(2)12-13-8-4-5-9-14(13)18(17)21(3)22;1-2/h4-11,22H,1,12H2,2-3H3;1-2H3/b18-17-;. The van der Waals surface area contributed by atoms with E-state index in [1.165, 1.54) is 5.56 Å². The maximum atomic E-state index is 4.55. The van der Waals surface area contributed by atoms with Crippen molar-refractivity contribution in [1.29, 1.82) is 0 Å². The molecule has 0 N–H and O–H groups in total. The van der Waals surface area contributed by atoms with Gasteiger partial charge in [0.1, 0.15) is 0 Å². The summed E-state index contributed by atoms with van der Waals surface area (Å²) < 4.78 is 1.82.